The van der Waals surface area contributed by atoms with Gasteiger partial charge in [0, 0.05) is 12.7 Å². The Morgan fingerprint density at radius 2 is 1.83 bits per heavy atom. The molecule has 0 bridgehead atoms. The second-order valence-electron chi connectivity index (χ2n) is 1.91. The van der Waals surface area contributed by atoms with Gasteiger partial charge in [0.25, 0.3) is 0 Å². The molecule has 0 N–H and O–H groups in total. The standard InChI is InChI=1S/C7H12O3.2CH4/c1-6(2)7(8)10-5-4-9-3;;/h1,4-5H2,2-3H3;2*1H4. The molecule has 0 aromatic heterocycles. The molecule has 0 rings (SSSR count). The van der Waals surface area contributed by atoms with Crippen molar-refractivity contribution in [1.82, 2.24) is 0 Å². The van der Waals surface area contributed by atoms with Gasteiger partial charge in [0.05, 0.1) is 6.61 Å². The van der Waals surface area contributed by atoms with Gasteiger partial charge in [-0.2, -0.15) is 0 Å². The topological polar surface area (TPSA) is 35.5 Å². The Kier molecular flexibility index (Phi) is 14.7. The molecule has 0 aliphatic heterocycles. The first-order valence-corrected chi connectivity index (χ1v) is 3.00. The number of hydrogen-bond donors (Lipinski definition) is 0. The molecule has 0 aliphatic rings. The molecule has 0 heterocycles. The molecular formula is C9H20O3. The SMILES string of the molecule is C.C.C=C(C)C(=O)OCCOC. The summed E-state index contributed by atoms with van der Waals surface area (Å²) < 4.78 is 9.35. The van der Waals surface area contributed by atoms with Crippen LogP contribution in [0.1, 0.15) is 21.8 Å². The summed E-state index contributed by atoms with van der Waals surface area (Å²) in [6.45, 7) is 5.75. The summed E-state index contributed by atoms with van der Waals surface area (Å²) in [6, 6.07) is 0. The highest BCUT2D eigenvalue weighted by molar-refractivity contribution is 5.86. The van der Waals surface area contributed by atoms with Crippen molar-refractivity contribution in [2.75, 3.05) is 20.3 Å². The molecule has 0 unspecified atom stereocenters. The molecule has 3 heteroatoms. The lowest BCUT2D eigenvalue weighted by Crippen LogP contribution is -2.09. The number of methoxy groups -OCH3 is 1. The highest BCUT2D eigenvalue weighted by Gasteiger charge is 2.00. The van der Waals surface area contributed by atoms with E-state index in [0.717, 1.165) is 0 Å². The zero-order valence-electron chi connectivity index (χ0n) is 6.35. The fraction of sp³-hybridized carbons (Fsp3) is 0.667. The monoisotopic (exact) mass is 176 g/mol. The Hall–Kier alpha value is -0.830. The van der Waals surface area contributed by atoms with Crippen LogP contribution >= 0.6 is 0 Å². The molecule has 12 heavy (non-hydrogen) atoms. The third-order valence-electron chi connectivity index (χ3n) is 0.869. The maximum atomic E-state index is 10.6. The summed E-state index contributed by atoms with van der Waals surface area (Å²) in [6.07, 6.45) is 0. The Bertz CT molecular complexity index is 130. The summed E-state index contributed by atoms with van der Waals surface area (Å²) in [5, 5.41) is 0. The van der Waals surface area contributed by atoms with E-state index in [-0.39, 0.29) is 20.8 Å². The molecule has 0 amide bonds. The van der Waals surface area contributed by atoms with Crippen LogP contribution in [0, 0.1) is 0 Å². The van der Waals surface area contributed by atoms with Crippen LogP contribution < -0.4 is 0 Å². The van der Waals surface area contributed by atoms with Gasteiger partial charge in [-0.05, 0) is 6.92 Å². The predicted molar refractivity (Wildman–Crippen MR) is 51.1 cm³/mol. The van der Waals surface area contributed by atoms with Gasteiger partial charge < -0.3 is 9.47 Å². The van der Waals surface area contributed by atoms with Crippen molar-refractivity contribution in [3.8, 4) is 0 Å². The lowest BCUT2D eigenvalue weighted by Gasteiger charge is -2.01. The van der Waals surface area contributed by atoms with Gasteiger partial charge in [-0.3, -0.25) is 0 Å². The summed E-state index contributed by atoms with van der Waals surface area (Å²) in [4.78, 5) is 10.6. The van der Waals surface area contributed by atoms with Gasteiger partial charge in [-0.25, -0.2) is 4.79 Å². The lowest BCUT2D eigenvalue weighted by molar-refractivity contribution is -0.140. The number of rotatable bonds is 4. The van der Waals surface area contributed by atoms with Crippen LogP contribution in [0.15, 0.2) is 12.2 Å². The first-order chi connectivity index (χ1) is 4.68. The van der Waals surface area contributed by atoms with Crippen molar-refractivity contribution in [2.45, 2.75) is 21.8 Å². The fourth-order valence-electron chi connectivity index (χ4n) is 0.341. The number of hydrogen-bond acceptors (Lipinski definition) is 3. The van der Waals surface area contributed by atoms with Crippen molar-refractivity contribution < 1.29 is 14.3 Å². The predicted octanol–water partition coefficient (Wildman–Crippen LogP) is 2.02. The van der Waals surface area contributed by atoms with Crippen LogP contribution in [-0.2, 0) is 14.3 Å². The summed E-state index contributed by atoms with van der Waals surface area (Å²) in [7, 11) is 1.55. The molecule has 0 saturated heterocycles. The molecular weight excluding hydrogens is 156 g/mol. The van der Waals surface area contributed by atoms with Gasteiger partial charge in [0.15, 0.2) is 0 Å². The number of ether oxygens (including phenoxy) is 2. The molecule has 3 nitrogen and oxygen atoms in total. The normalized spacial score (nSPS) is 7.50. The molecule has 0 radical (unpaired) electrons. The number of carbonyl (C=O) groups excluding carboxylic acids is 1. The van der Waals surface area contributed by atoms with E-state index in [9.17, 15) is 4.79 Å². The van der Waals surface area contributed by atoms with E-state index in [2.05, 4.69) is 16.1 Å². The highest BCUT2D eigenvalue weighted by Crippen LogP contribution is 1.90. The molecule has 0 fully saturated rings. The minimum absolute atomic E-state index is 0. The van der Waals surface area contributed by atoms with E-state index in [0.29, 0.717) is 18.8 Å². The van der Waals surface area contributed by atoms with Gasteiger partial charge in [0.2, 0.25) is 0 Å². The van der Waals surface area contributed by atoms with E-state index >= 15 is 0 Å². The Balaban J connectivity index is -0.000000405. The van der Waals surface area contributed by atoms with Gasteiger partial charge in [-0.15, -0.1) is 0 Å². The van der Waals surface area contributed by atoms with Gasteiger partial charge in [0.1, 0.15) is 6.61 Å². The largest absolute Gasteiger partial charge is 0.460 e. The lowest BCUT2D eigenvalue weighted by atomic mass is 10.4. The van der Waals surface area contributed by atoms with E-state index in [1.165, 1.54) is 0 Å². The van der Waals surface area contributed by atoms with E-state index < -0.39 is 0 Å². The molecule has 0 atom stereocenters. The zero-order valence-corrected chi connectivity index (χ0v) is 6.35. The minimum Gasteiger partial charge on any atom is -0.460 e. The van der Waals surface area contributed by atoms with Crippen LogP contribution in [0.3, 0.4) is 0 Å². The Morgan fingerprint density at radius 3 is 2.17 bits per heavy atom. The summed E-state index contributed by atoms with van der Waals surface area (Å²) >= 11 is 0. The zero-order chi connectivity index (χ0) is 7.98. The van der Waals surface area contributed by atoms with Crippen molar-refractivity contribution in [3.05, 3.63) is 12.2 Å². The van der Waals surface area contributed by atoms with Crippen molar-refractivity contribution >= 4 is 5.97 Å². The third kappa shape index (κ3) is 9.17. The number of carbonyl (C=O) groups is 1. The summed E-state index contributed by atoms with van der Waals surface area (Å²) in [5.74, 6) is -0.364. The Labute approximate surface area is 75.4 Å². The van der Waals surface area contributed by atoms with E-state index in [1.807, 2.05) is 0 Å². The smallest absolute Gasteiger partial charge is 0.333 e. The minimum atomic E-state index is -0.364. The average molecular weight is 176 g/mol. The maximum absolute atomic E-state index is 10.6. The van der Waals surface area contributed by atoms with Crippen LogP contribution in [0.2, 0.25) is 0 Å². The molecule has 74 valence electrons. The quantitative estimate of drug-likeness (QED) is 0.373. The molecule has 0 aromatic carbocycles. The second-order valence-corrected chi connectivity index (χ2v) is 1.91. The van der Waals surface area contributed by atoms with E-state index in [4.69, 9.17) is 0 Å². The van der Waals surface area contributed by atoms with Crippen molar-refractivity contribution in [1.29, 1.82) is 0 Å². The number of esters is 1. The maximum Gasteiger partial charge on any atom is 0.333 e. The summed E-state index contributed by atoms with van der Waals surface area (Å²) in [5.41, 5.74) is 0.413. The van der Waals surface area contributed by atoms with Crippen LogP contribution in [-0.4, -0.2) is 26.3 Å². The second kappa shape index (κ2) is 10.2. The van der Waals surface area contributed by atoms with Gasteiger partial charge in [-0.1, -0.05) is 21.4 Å². The molecule has 0 aliphatic carbocycles. The van der Waals surface area contributed by atoms with E-state index in [1.54, 1.807) is 14.0 Å². The average Bonchev–Trinajstić information content (AvgIpc) is 1.88. The fourth-order valence-corrected chi connectivity index (χ4v) is 0.341. The van der Waals surface area contributed by atoms with Crippen LogP contribution in [0.4, 0.5) is 0 Å². The molecule has 0 saturated carbocycles. The first-order valence-electron chi connectivity index (χ1n) is 3.00. The molecule has 0 spiro atoms. The third-order valence-corrected chi connectivity index (χ3v) is 0.869. The van der Waals surface area contributed by atoms with Crippen LogP contribution in [0.25, 0.3) is 0 Å². The van der Waals surface area contributed by atoms with Gasteiger partial charge >= 0.3 is 5.97 Å². The first kappa shape index (κ1) is 17.3. The molecule has 0 aromatic rings. The van der Waals surface area contributed by atoms with Crippen molar-refractivity contribution in [2.24, 2.45) is 0 Å². The Morgan fingerprint density at radius 1 is 1.33 bits per heavy atom. The van der Waals surface area contributed by atoms with Crippen molar-refractivity contribution in [3.63, 3.8) is 0 Å². The highest BCUT2D eigenvalue weighted by atomic mass is 16.6. The van der Waals surface area contributed by atoms with Crippen LogP contribution in [0.5, 0.6) is 0 Å².